The van der Waals surface area contributed by atoms with Crippen LogP contribution in [-0.2, 0) is 9.59 Å². The van der Waals surface area contributed by atoms with Gasteiger partial charge in [-0.15, -0.1) is 0 Å². The summed E-state index contributed by atoms with van der Waals surface area (Å²) in [5.41, 5.74) is 2.75. The normalized spacial score (nSPS) is 32.4. The van der Waals surface area contributed by atoms with Crippen LogP contribution in [0.25, 0.3) is 0 Å². The van der Waals surface area contributed by atoms with Crippen LogP contribution in [0.5, 0.6) is 0 Å². The number of carbonyl (C=O) groups is 2. The van der Waals surface area contributed by atoms with Gasteiger partial charge in [0.05, 0.1) is 17.5 Å². The van der Waals surface area contributed by atoms with Gasteiger partial charge in [0.1, 0.15) is 0 Å². The highest BCUT2D eigenvalue weighted by atomic mass is 35.5. The van der Waals surface area contributed by atoms with Gasteiger partial charge in [-0.05, 0) is 60.8 Å². The lowest BCUT2D eigenvalue weighted by Crippen LogP contribution is -2.33. The number of rotatable bonds is 2. The lowest BCUT2D eigenvalue weighted by Gasteiger charge is -2.28. The zero-order valence-electron chi connectivity index (χ0n) is 14.6. The van der Waals surface area contributed by atoms with Gasteiger partial charge in [-0.3, -0.25) is 9.59 Å². The maximum absolute atomic E-state index is 13.3. The number of nitrogens with zero attached hydrogens (tertiary/aromatic N) is 1. The van der Waals surface area contributed by atoms with Gasteiger partial charge >= 0.3 is 0 Å². The fourth-order valence-electron chi connectivity index (χ4n) is 5.62. The third kappa shape index (κ3) is 2.07. The van der Waals surface area contributed by atoms with E-state index in [1.165, 1.54) is 10.5 Å². The Morgan fingerprint density at radius 3 is 2.42 bits per heavy atom. The van der Waals surface area contributed by atoms with Gasteiger partial charge in [-0.1, -0.05) is 48.0 Å². The fourth-order valence-corrected chi connectivity index (χ4v) is 5.79. The average molecular weight is 366 g/mol. The molecule has 3 nitrogen and oxygen atoms in total. The summed E-state index contributed by atoms with van der Waals surface area (Å²) in [7, 11) is 0. The highest BCUT2D eigenvalue weighted by Gasteiger charge is 2.64. The summed E-state index contributed by atoms with van der Waals surface area (Å²) < 4.78 is 0. The highest BCUT2D eigenvalue weighted by molar-refractivity contribution is 6.32. The van der Waals surface area contributed by atoms with Crippen molar-refractivity contribution in [2.75, 3.05) is 4.90 Å². The van der Waals surface area contributed by atoms with E-state index < -0.39 is 0 Å². The SMILES string of the molecule is Cc1c(Cl)cccc1N1C(=O)[C@@H]2[C@@H]3C[C@@H]([C@H]2C1=O)[C@@H](c1ccccc1)C3. The van der Waals surface area contributed by atoms with Crippen LogP contribution in [0.3, 0.4) is 0 Å². The van der Waals surface area contributed by atoms with Crippen LogP contribution in [0.2, 0.25) is 5.02 Å². The summed E-state index contributed by atoms with van der Waals surface area (Å²) in [5.74, 6) is 0.600. The highest BCUT2D eigenvalue weighted by Crippen LogP contribution is 2.62. The van der Waals surface area contributed by atoms with Gasteiger partial charge in [0, 0.05) is 5.02 Å². The molecule has 2 aromatic rings. The molecule has 2 aromatic carbocycles. The molecule has 0 aromatic heterocycles. The van der Waals surface area contributed by atoms with E-state index in [1.807, 2.05) is 19.1 Å². The van der Waals surface area contributed by atoms with E-state index in [4.69, 9.17) is 11.6 Å². The van der Waals surface area contributed by atoms with Gasteiger partial charge in [0.15, 0.2) is 0 Å². The Morgan fingerprint density at radius 2 is 1.65 bits per heavy atom. The summed E-state index contributed by atoms with van der Waals surface area (Å²) >= 11 is 6.23. The van der Waals surface area contributed by atoms with Crippen molar-refractivity contribution >= 4 is 29.1 Å². The van der Waals surface area contributed by atoms with E-state index in [1.54, 1.807) is 12.1 Å². The minimum Gasteiger partial charge on any atom is -0.274 e. The number of anilines is 1. The second kappa shape index (κ2) is 5.68. The van der Waals surface area contributed by atoms with Crippen molar-refractivity contribution in [3.05, 3.63) is 64.7 Å². The predicted octanol–water partition coefficient (Wildman–Crippen LogP) is 4.58. The number of benzene rings is 2. The Labute approximate surface area is 158 Å². The quantitative estimate of drug-likeness (QED) is 0.730. The molecular formula is C22H20ClNO2. The fraction of sp³-hybridized carbons (Fsp3) is 0.364. The molecular weight excluding hydrogens is 346 g/mol. The topological polar surface area (TPSA) is 37.4 Å². The Hall–Kier alpha value is -2.13. The minimum atomic E-state index is -0.176. The number of carbonyl (C=O) groups excluding carboxylic acids is 2. The minimum absolute atomic E-state index is 0.0237. The Bertz CT molecular complexity index is 910. The van der Waals surface area contributed by atoms with Crippen molar-refractivity contribution < 1.29 is 9.59 Å². The molecule has 0 spiro atoms. The number of imide groups is 1. The van der Waals surface area contributed by atoms with Crippen LogP contribution >= 0.6 is 11.6 Å². The lowest BCUT2D eigenvalue weighted by molar-refractivity contribution is -0.123. The maximum atomic E-state index is 13.3. The molecule has 2 bridgehead atoms. The second-order valence-electron chi connectivity index (χ2n) is 7.86. The van der Waals surface area contributed by atoms with E-state index in [0.29, 0.717) is 22.5 Å². The van der Waals surface area contributed by atoms with E-state index in [0.717, 1.165) is 18.4 Å². The molecule has 4 heteroatoms. The summed E-state index contributed by atoms with van der Waals surface area (Å²) in [6.45, 7) is 1.87. The van der Waals surface area contributed by atoms with Gasteiger partial charge < -0.3 is 0 Å². The van der Waals surface area contributed by atoms with Crippen LogP contribution in [0.1, 0.15) is 29.9 Å². The van der Waals surface area contributed by atoms with Crippen molar-refractivity contribution in [3.8, 4) is 0 Å². The van der Waals surface area contributed by atoms with E-state index >= 15 is 0 Å². The Morgan fingerprint density at radius 1 is 0.923 bits per heavy atom. The number of fused-ring (bicyclic) bond motifs is 5. The molecule has 5 rings (SSSR count). The molecule has 0 unspecified atom stereocenters. The third-order valence-electron chi connectivity index (χ3n) is 6.72. The molecule has 1 heterocycles. The predicted molar refractivity (Wildman–Crippen MR) is 101 cm³/mol. The summed E-state index contributed by atoms with van der Waals surface area (Å²) in [5, 5.41) is 0.588. The molecule has 132 valence electrons. The third-order valence-corrected chi connectivity index (χ3v) is 7.13. The largest absolute Gasteiger partial charge is 0.274 e. The average Bonchev–Trinajstić information content (AvgIpc) is 3.31. The zero-order valence-corrected chi connectivity index (χ0v) is 15.3. The molecule has 3 aliphatic rings. The number of halogens is 1. The molecule has 1 saturated heterocycles. The first-order valence-electron chi connectivity index (χ1n) is 9.26. The molecule has 0 radical (unpaired) electrons. The Balaban J connectivity index is 1.52. The zero-order chi connectivity index (χ0) is 18.0. The van der Waals surface area contributed by atoms with Crippen molar-refractivity contribution in [2.24, 2.45) is 23.7 Å². The van der Waals surface area contributed by atoms with E-state index in [2.05, 4.69) is 24.3 Å². The van der Waals surface area contributed by atoms with Crippen LogP contribution in [-0.4, -0.2) is 11.8 Å². The second-order valence-corrected chi connectivity index (χ2v) is 8.27. The first-order valence-corrected chi connectivity index (χ1v) is 9.63. The van der Waals surface area contributed by atoms with E-state index in [-0.39, 0.29) is 29.6 Å². The number of hydrogen-bond donors (Lipinski definition) is 0. The lowest BCUT2D eigenvalue weighted by atomic mass is 9.73. The molecule has 1 aliphatic heterocycles. The summed E-state index contributed by atoms with van der Waals surface area (Å²) in [6.07, 6.45) is 2.01. The van der Waals surface area contributed by atoms with Gasteiger partial charge in [0.25, 0.3) is 0 Å². The van der Waals surface area contributed by atoms with Crippen LogP contribution in [0.15, 0.2) is 48.5 Å². The molecule has 5 atom stereocenters. The first-order chi connectivity index (χ1) is 12.6. The van der Waals surface area contributed by atoms with Crippen molar-refractivity contribution in [1.29, 1.82) is 0 Å². The van der Waals surface area contributed by atoms with Gasteiger partial charge in [-0.25, -0.2) is 4.90 Å². The molecule has 26 heavy (non-hydrogen) atoms. The van der Waals surface area contributed by atoms with Crippen molar-refractivity contribution in [1.82, 2.24) is 0 Å². The van der Waals surface area contributed by atoms with Gasteiger partial charge in [0.2, 0.25) is 11.8 Å². The molecule has 2 aliphatic carbocycles. The van der Waals surface area contributed by atoms with Gasteiger partial charge in [-0.2, -0.15) is 0 Å². The summed E-state index contributed by atoms with van der Waals surface area (Å²) in [4.78, 5) is 27.9. The molecule has 2 saturated carbocycles. The molecule has 2 amide bonds. The standard InChI is InChI=1S/C22H20ClNO2/c1-12-17(23)8-5-9-18(12)24-21(25)19-14-10-15(13-6-3-2-4-7-13)16(11-14)20(19)22(24)26/h2-9,14-16,19-20H,10-11H2,1H3/t14-,15+,16+,19+,20+/m0/s1. The summed E-state index contributed by atoms with van der Waals surface area (Å²) in [6, 6.07) is 15.9. The van der Waals surface area contributed by atoms with Crippen LogP contribution in [0.4, 0.5) is 5.69 Å². The van der Waals surface area contributed by atoms with Crippen molar-refractivity contribution in [3.63, 3.8) is 0 Å². The van der Waals surface area contributed by atoms with Crippen LogP contribution < -0.4 is 4.90 Å². The van der Waals surface area contributed by atoms with E-state index in [9.17, 15) is 9.59 Å². The molecule has 0 N–H and O–H groups in total. The first kappa shape index (κ1) is 16.1. The number of amides is 2. The maximum Gasteiger partial charge on any atom is 0.238 e. The molecule has 3 fully saturated rings. The smallest absolute Gasteiger partial charge is 0.238 e. The number of hydrogen-bond acceptors (Lipinski definition) is 2. The van der Waals surface area contributed by atoms with Crippen molar-refractivity contribution in [2.45, 2.75) is 25.7 Å². The monoisotopic (exact) mass is 365 g/mol. The van der Waals surface area contributed by atoms with Crippen LogP contribution in [0, 0.1) is 30.6 Å². The Kier molecular flexibility index (Phi) is 3.51.